The third-order valence-electron chi connectivity index (χ3n) is 3.38. The van der Waals surface area contributed by atoms with E-state index in [2.05, 4.69) is 37.4 Å². The van der Waals surface area contributed by atoms with Gasteiger partial charge in [0.15, 0.2) is 0 Å². The lowest BCUT2D eigenvalue weighted by Gasteiger charge is -2.06. The van der Waals surface area contributed by atoms with Crippen LogP contribution in [0.1, 0.15) is 0 Å². The molecule has 2 heterocycles. The van der Waals surface area contributed by atoms with Crippen LogP contribution in [-0.4, -0.2) is 9.38 Å². The minimum Gasteiger partial charge on any atom is -0.398 e. The fourth-order valence-electron chi connectivity index (χ4n) is 2.55. The quantitative estimate of drug-likeness (QED) is 0.533. The minimum atomic E-state index is 0.749. The molecular formula is C15H10BrN3. The molecule has 0 atom stereocenters. The van der Waals surface area contributed by atoms with Gasteiger partial charge in [0.05, 0.1) is 16.6 Å². The predicted molar refractivity (Wildman–Crippen MR) is 82.3 cm³/mol. The van der Waals surface area contributed by atoms with Crippen molar-refractivity contribution in [2.75, 3.05) is 5.73 Å². The molecule has 0 aliphatic rings. The summed E-state index contributed by atoms with van der Waals surface area (Å²) in [4.78, 5) is 4.62. The van der Waals surface area contributed by atoms with Crippen molar-refractivity contribution >= 4 is 49.2 Å². The number of nitrogen functional groups attached to an aromatic ring is 1. The maximum atomic E-state index is 6.14. The molecule has 0 aliphatic heterocycles. The van der Waals surface area contributed by atoms with Gasteiger partial charge in [-0.1, -0.05) is 28.1 Å². The van der Waals surface area contributed by atoms with E-state index in [1.165, 1.54) is 0 Å². The molecule has 2 N–H and O–H groups in total. The first-order valence-electron chi connectivity index (χ1n) is 5.99. The SMILES string of the molecule is Nc1cc2nc3ccccc3n2c2ccc(Br)cc12. The second-order valence-electron chi connectivity index (χ2n) is 4.56. The van der Waals surface area contributed by atoms with Gasteiger partial charge in [-0.05, 0) is 30.3 Å². The van der Waals surface area contributed by atoms with Crippen LogP contribution < -0.4 is 5.73 Å². The predicted octanol–water partition coefficient (Wildman–Crippen LogP) is 3.99. The number of para-hydroxylation sites is 2. The highest BCUT2D eigenvalue weighted by molar-refractivity contribution is 9.10. The number of pyridine rings is 1. The van der Waals surface area contributed by atoms with Gasteiger partial charge in [0, 0.05) is 21.6 Å². The zero-order valence-electron chi connectivity index (χ0n) is 9.97. The highest BCUT2D eigenvalue weighted by atomic mass is 79.9. The van der Waals surface area contributed by atoms with Crippen molar-refractivity contribution in [3.63, 3.8) is 0 Å². The van der Waals surface area contributed by atoms with E-state index in [0.717, 1.165) is 37.7 Å². The maximum Gasteiger partial charge on any atom is 0.140 e. The third-order valence-corrected chi connectivity index (χ3v) is 3.88. The van der Waals surface area contributed by atoms with Crippen LogP contribution in [0.3, 0.4) is 0 Å². The zero-order valence-corrected chi connectivity index (χ0v) is 11.6. The second kappa shape index (κ2) is 3.71. The number of hydrogen-bond acceptors (Lipinski definition) is 2. The van der Waals surface area contributed by atoms with E-state index in [9.17, 15) is 0 Å². The number of hydrogen-bond donors (Lipinski definition) is 1. The summed E-state index contributed by atoms with van der Waals surface area (Å²) in [5, 5.41) is 1.03. The summed E-state index contributed by atoms with van der Waals surface area (Å²) in [6, 6.07) is 16.2. The molecule has 0 amide bonds. The van der Waals surface area contributed by atoms with E-state index in [-0.39, 0.29) is 0 Å². The lowest BCUT2D eigenvalue weighted by molar-refractivity contribution is 1.30. The van der Waals surface area contributed by atoms with Gasteiger partial charge >= 0.3 is 0 Å². The summed E-state index contributed by atoms with van der Waals surface area (Å²) in [5.41, 5.74) is 10.9. The van der Waals surface area contributed by atoms with E-state index < -0.39 is 0 Å². The molecule has 4 rings (SSSR count). The molecule has 0 unspecified atom stereocenters. The van der Waals surface area contributed by atoms with Crippen molar-refractivity contribution in [2.45, 2.75) is 0 Å². The fraction of sp³-hybridized carbons (Fsp3) is 0. The lowest BCUT2D eigenvalue weighted by atomic mass is 10.2. The molecule has 0 fully saturated rings. The normalized spacial score (nSPS) is 11.6. The Morgan fingerprint density at radius 2 is 1.84 bits per heavy atom. The Morgan fingerprint density at radius 1 is 1.00 bits per heavy atom. The summed E-state index contributed by atoms with van der Waals surface area (Å²) in [7, 11) is 0. The standard InChI is InChI=1S/C15H10BrN3/c16-9-5-6-13-10(7-9)11(17)8-15-18-12-3-1-2-4-14(12)19(13)15/h1-8H,17H2. The Kier molecular flexibility index (Phi) is 2.11. The summed E-state index contributed by atoms with van der Waals surface area (Å²) in [5.74, 6) is 0. The molecule has 0 spiro atoms. The van der Waals surface area contributed by atoms with Crippen molar-refractivity contribution < 1.29 is 0 Å². The molecular weight excluding hydrogens is 302 g/mol. The number of rotatable bonds is 0. The number of nitrogens with zero attached hydrogens (tertiary/aromatic N) is 2. The molecule has 4 heteroatoms. The smallest absolute Gasteiger partial charge is 0.140 e. The highest BCUT2D eigenvalue weighted by Crippen LogP contribution is 2.29. The van der Waals surface area contributed by atoms with Crippen LogP contribution in [0.2, 0.25) is 0 Å². The molecule has 3 nitrogen and oxygen atoms in total. The van der Waals surface area contributed by atoms with Crippen molar-refractivity contribution in [2.24, 2.45) is 0 Å². The molecule has 19 heavy (non-hydrogen) atoms. The maximum absolute atomic E-state index is 6.14. The van der Waals surface area contributed by atoms with E-state index >= 15 is 0 Å². The Bertz CT molecular complexity index is 940. The summed E-state index contributed by atoms with van der Waals surface area (Å²) in [6.45, 7) is 0. The first kappa shape index (κ1) is 10.8. The van der Waals surface area contributed by atoms with E-state index in [1.54, 1.807) is 0 Å². The Labute approximate surface area is 117 Å². The number of halogens is 1. The van der Waals surface area contributed by atoms with Crippen LogP contribution in [0.25, 0.3) is 27.6 Å². The van der Waals surface area contributed by atoms with Crippen molar-refractivity contribution in [3.8, 4) is 0 Å². The van der Waals surface area contributed by atoms with Gasteiger partial charge < -0.3 is 5.73 Å². The minimum absolute atomic E-state index is 0.749. The highest BCUT2D eigenvalue weighted by Gasteiger charge is 2.09. The molecule has 0 saturated heterocycles. The van der Waals surface area contributed by atoms with Crippen LogP contribution >= 0.6 is 15.9 Å². The molecule has 2 aromatic carbocycles. The molecule has 0 radical (unpaired) electrons. The first-order valence-corrected chi connectivity index (χ1v) is 6.78. The van der Waals surface area contributed by atoms with Gasteiger partial charge in [-0.2, -0.15) is 0 Å². The van der Waals surface area contributed by atoms with Gasteiger partial charge in [-0.3, -0.25) is 4.40 Å². The van der Waals surface area contributed by atoms with Gasteiger partial charge in [-0.15, -0.1) is 0 Å². The molecule has 0 aliphatic carbocycles. The fourth-order valence-corrected chi connectivity index (χ4v) is 2.91. The molecule has 0 bridgehead atoms. The van der Waals surface area contributed by atoms with Gasteiger partial charge in [0.2, 0.25) is 0 Å². The topological polar surface area (TPSA) is 43.3 Å². The van der Waals surface area contributed by atoms with Crippen molar-refractivity contribution in [3.05, 3.63) is 53.0 Å². The van der Waals surface area contributed by atoms with Crippen molar-refractivity contribution in [1.82, 2.24) is 9.38 Å². The Balaban J connectivity index is 2.35. The number of fused-ring (bicyclic) bond motifs is 5. The van der Waals surface area contributed by atoms with Crippen LogP contribution in [0, 0.1) is 0 Å². The molecule has 4 aromatic rings. The van der Waals surface area contributed by atoms with E-state index in [1.807, 2.05) is 36.4 Å². The lowest BCUT2D eigenvalue weighted by Crippen LogP contribution is -1.94. The number of aromatic nitrogens is 2. The summed E-state index contributed by atoms with van der Waals surface area (Å²) >= 11 is 3.49. The average Bonchev–Trinajstić information content (AvgIpc) is 2.77. The van der Waals surface area contributed by atoms with Crippen LogP contribution in [0.15, 0.2) is 53.0 Å². The number of anilines is 1. The second-order valence-corrected chi connectivity index (χ2v) is 5.47. The van der Waals surface area contributed by atoms with Gasteiger partial charge in [0.25, 0.3) is 0 Å². The summed E-state index contributed by atoms with van der Waals surface area (Å²) < 4.78 is 3.17. The van der Waals surface area contributed by atoms with E-state index in [0.29, 0.717) is 0 Å². The van der Waals surface area contributed by atoms with Crippen LogP contribution in [0.5, 0.6) is 0 Å². The number of nitrogens with two attached hydrogens (primary N) is 1. The number of imidazole rings is 1. The monoisotopic (exact) mass is 311 g/mol. The van der Waals surface area contributed by atoms with Crippen LogP contribution in [0.4, 0.5) is 5.69 Å². The van der Waals surface area contributed by atoms with E-state index in [4.69, 9.17) is 5.73 Å². The zero-order chi connectivity index (χ0) is 13.0. The third kappa shape index (κ3) is 1.47. The summed E-state index contributed by atoms with van der Waals surface area (Å²) in [6.07, 6.45) is 0. The molecule has 92 valence electrons. The van der Waals surface area contributed by atoms with Gasteiger partial charge in [0.1, 0.15) is 5.65 Å². The first-order chi connectivity index (χ1) is 9.24. The van der Waals surface area contributed by atoms with Gasteiger partial charge in [-0.25, -0.2) is 4.98 Å². The molecule has 0 saturated carbocycles. The Hall–Kier alpha value is -2.07. The largest absolute Gasteiger partial charge is 0.398 e. The average molecular weight is 312 g/mol. The number of benzene rings is 2. The Morgan fingerprint density at radius 3 is 2.74 bits per heavy atom. The molecule has 2 aromatic heterocycles. The van der Waals surface area contributed by atoms with Crippen molar-refractivity contribution in [1.29, 1.82) is 0 Å². The van der Waals surface area contributed by atoms with Crippen LogP contribution in [-0.2, 0) is 0 Å².